The molecule has 2 heterocycles. The Hall–Kier alpha value is -1.15. The van der Waals surface area contributed by atoms with Gasteiger partial charge in [0.1, 0.15) is 0 Å². The van der Waals surface area contributed by atoms with Gasteiger partial charge in [0.2, 0.25) is 0 Å². The topological polar surface area (TPSA) is 117 Å². The zero-order valence-corrected chi connectivity index (χ0v) is 20.1. The number of nitrogens with zero attached hydrogens (tertiary/aromatic N) is 4. The maximum atomic E-state index is 11.5. The van der Waals surface area contributed by atoms with Crippen molar-refractivity contribution in [1.29, 1.82) is 0 Å². The molecule has 1 aliphatic heterocycles. The summed E-state index contributed by atoms with van der Waals surface area (Å²) < 4.78 is 54.6. The molecule has 1 saturated heterocycles. The van der Waals surface area contributed by atoms with Gasteiger partial charge in [-0.2, -0.15) is 0 Å². The van der Waals surface area contributed by atoms with Crippen molar-refractivity contribution < 1.29 is 28.7 Å². The minimum Gasteiger partial charge on any atom is -0.378 e. The lowest BCUT2D eigenvalue weighted by Crippen LogP contribution is -2.39. The summed E-state index contributed by atoms with van der Waals surface area (Å²) in [6, 6.07) is 0.470. The number of rotatable bonds is 18. The third kappa shape index (κ3) is 12.8. The number of hydrogen-bond donors (Lipinski definition) is 1. The van der Waals surface area contributed by atoms with Gasteiger partial charge in [0.25, 0.3) is 0 Å². The van der Waals surface area contributed by atoms with Crippen LogP contribution < -0.4 is 5.32 Å². The molecule has 0 atom stereocenters. The molecule has 11 nitrogen and oxygen atoms in total. The van der Waals surface area contributed by atoms with Crippen molar-refractivity contribution in [3.8, 4) is 0 Å². The first-order valence-corrected chi connectivity index (χ1v) is 13.1. The van der Waals surface area contributed by atoms with E-state index in [0.29, 0.717) is 90.8 Å². The van der Waals surface area contributed by atoms with Gasteiger partial charge in [-0.3, -0.25) is 4.90 Å². The summed E-state index contributed by atoms with van der Waals surface area (Å²) in [4.78, 5) is 1.99. The Morgan fingerprint density at radius 3 is 2.16 bits per heavy atom. The highest BCUT2D eigenvalue weighted by Gasteiger charge is 2.22. The summed E-state index contributed by atoms with van der Waals surface area (Å²) in [6.07, 6.45) is 0.237. The van der Waals surface area contributed by atoms with E-state index in [-0.39, 0.29) is 17.7 Å². The summed E-state index contributed by atoms with van der Waals surface area (Å²) in [5, 5.41) is 11.4. The van der Waals surface area contributed by atoms with E-state index in [4.69, 9.17) is 20.3 Å². The van der Waals surface area contributed by atoms with Gasteiger partial charge in [0.05, 0.1) is 78.0 Å². The molecule has 32 heavy (non-hydrogen) atoms. The summed E-state index contributed by atoms with van der Waals surface area (Å²) in [6.45, 7) is 11.0. The molecule has 0 bridgehead atoms. The Morgan fingerprint density at radius 2 is 1.56 bits per heavy atom. The molecule has 1 N–H and O–H groups in total. The van der Waals surface area contributed by atoms with Gasteiger partial charge in [0, 0.05) is 38.4 Å². The van der Waals surface area contributed by atoms with Crippen LogP contribution in [0.3, 0.4) is 0 Å². The highest BCUT2D eigenvalue weighted by atomic mass is 32.2. The van der Waals surface area contributed by atoms with Gasteiger partial charge in [-0.1, -0.05) is 19.1 Å². The average Bonchev–Trinajstić information content (AvgIpc) is 3.11. The third-order valence-electron chi connectivity index (χ3n) is 4.70. The van der Waals surface area contributed by atoms with Crippen LogP contribution in [-0.4, -0.2) is 118 Å². The van der Waals surface area contributed by atoms with E-state index in [1.165, 1.54) is 4.68 Å². The molecule has 1 aromatic rings. The van der Waals surface area contributed by atoms with Crippen molar-refractivity contribution in [2.24, 2.45) is 0 Å². The molecule has 1 aliphatic rings. The first-order valence-electron chi connectivity index (χ1n) is 11.7. The molecule has 1 aromatic heterocycles. The van der Waals surface area contributed by atoms with Gasteiger partial charge in [0.15, 0.2) is 9.84 Å². The second kappa shape index (κ2) is 15.6. The molecule has 12 heteroatoms. The highest BCUT2D eigenvalue weighted by Crippen LogP contribution is 2.07. The molecule has 1 fully saturated rings. The number of hydrogen-bond acceptors (Lipinski definition) is 10. The maximum Gasteiger partial charge on any atom is 0.152 e. The van der Waals surface area contributed by atoms with E-state index in [1.807, 2.05) is 4.90 Å². The predicted molar refractivity (Wildman–Crippen MR) is 120 cm³/mol. The molecule has 0 saturated carbocycles. The van der Waals surface area contributed by atoms with Crippen LogP contribution in [0.4, 0.5) is 0 Å². The van der Waals surface area contributed by atoms with Crippen LogP contribution in [0.1, 0.15) is 20.9 Å². The van der Waals surface area contributed by atoms with Crippen LogP contribution >= 0.6 is 0 Å². The lowest BCUT2D eigenvalue weighted by Gasteiger charge is -2.25. The summed E-state index contributed by atoms with van der Waals surface area (Å²) in [5.74, 6) is 0.308. The first-order chi connectivity index (χ1) is 15.9. The molecule has 0 aromatic carbocycles. The van der Waals surface area contributed by atoms with Crippen molar-refractivity contribution in [2.45, 2.75) is 33.0 Å². The number of sulfone groups is 1. The van der Waals surface area contributed by atoms with Crippen LogP contribution in [-0.2, 0) is 41.9 Å². The van der Waals surface area contributed by atoms with E-state index in [9.17, 15) is 8.42 Å². The highest BCUT2D eigenvalue weighted by molar-refractivity contribution is 7.91. The Kier molecular flexibility index (Phi) is 12.5. The van der Waals surface area contributed by atoms with Gasteiger partial charge in [-0.15, -0.1) is 5.10 Å². The smallest absolute Gasteiger partial charge is 0.152 e. The predicted octanol–water partition coefficient (Wildman–Crippen LogP) is -0.427. The van der Waals surface area contributed by atoms with Crippen LogP contribution in [0.5, 0.6) is 0 Å². The van der Waals surface area contributed by atoms with Crippen molar-refractivity contribution in [2.75, 3.05) is 84.0 Å². The molecule has 0 amide bonds. The summed E-state index contributed by atoms with van der Waals surface area (Å²) in [7, 11) is -2.92. The Bertz CT molecular complexity index is 750. The molecule has 0 unspecified atom stereocenters. The van der Waals surface area contributed by atoms with Crippen molar-refractivity contribution in [3.05, 3.63) is 11.9 Å². The zero-order valence-electron chi connectivity index (χ0n) is 20.3. The normalized spacial score (nSPS) is 17.2. The molecule has 186 valence electrons. The molecule has 0 spiro atoms. The second-order valence-corrected chi connectivity index (χ2v) is 10.2. The van der Waals surface area contributed by atoms with Crippen molar-refractivity contribution >= 4 is 9.84 Å². The van der Waals surface area contributed by atoms with Crippen LogP contribution in [0, 0.1) is 0 Å². The van der Waals surface area contributed by atoms with Gasteiger partial charge in [-0.25, -0.2) is 13.1 Å². The Balaban J connectivity index is 1.42. The van der Waals surface area contributed by atoms with Gasteiger partial charge in [-0.05, 0) is 0 Å². The Morgan fingerprint density at radius 1 is 1.00 bits per heavy atom. The van der Waals surface area contributed by atoms with E-state index >= 15 is 0 Å². The minimum atomic E-state index is -2.92. The quantitative estimate of drug-likeness (QED) is 0.279. The fourth-order valence-corrected chi connectivity index (χ4v) is 4.20. The average molecular weight is 479 g/mol. The van der Waals surface area contributed by atoms with E-state index in [1.54, 1.807) is 0 Å². The standard InChI is InChI=1S/C20H39N5O6S/c1-19(2)21-3-7-28-9-11-30-13-14-31-12-10-29-8-4-25-18-20(22-23-25)17-24-5-15-32(26,27)16-6-24/h18-19,21H,3-17H2,1-2H3/i18D. The summed E-state index contributed by atoms with van der Waals surface area (Å²) >= 11 is 0. The summed E-state index contributed by atoms with van der Waals surface area (Å²) in [5.41, 5.74) is 0.551. The van der Waals surface area contributed by atoms with Gasteiger partial charge < -0.3 is 24.3 Å². The lowest BCUT2D eigenvalue weighted by atomic mass is 10.4. The minimum absolute atomic E-state index is 0.154. The monoisotopic (exact) mass is 478 g/mol. The third-order valence-corrected chi connectivity index (χ3v) is 6.31. The second-order valence-electron chi connectivity index (χ2n) is 7.86. The van der Waals surface area contributed by atoms with Crippen molar-refractivity contribution in [1.82, 2.24) is 25.2 Å². The molecule has 0 aliphatic carbocycles. The van der Waals surface area contributed by atoms with Crippen LogP contribution in [0.25, 0.3) is 0 Å². The maximum absolute atomic E-state index is 11.5. The number of aromatic nitrogens is 3. The first kappa shape index (κ1) is 25.5. The van der Waals surface area contributed by atoms with Crippen LogP contribution in [0.15, 0.2) is 6.17 Å². The fraction of sp³-hybridized carbons (Fsp3) is 0.900. The van der Waals surface area contributed by atoms with Crippen LogP contribution in [0.2, 0.25) is 0 Å². The number of ether oxygens (including phenoxy) is 4. The molecule has 0 radical (unpaired) electrons. The van der Waals surface area contributed by atoms with E-state index in [0.717, 1.165) is 6.54 Å². The lowest BCUT2D eigenvalue weighted by molar-refractivity contribution is -0.00252. The van der Waals surface area contributed by atoms with Gasteiger partial charge >= 0.3 is 0 Å². The SMILES string of the molecule is [2H]c1c(CN2CCS(=O)(=O)CC2)nnn1CCOCCOCCOCCOCCNC(C)C. The Labute approximate surface area is 193 Å². The van der Waals surface area contributed by atoms with E-state index < -0.39 is 9.84 Å². The fourth-order valence-electron chi connectivity index (χ4n) is 2.92. The van der Waals surface area contributed by atoms with E-state index in [2.05, 4.69) is 29.5 Å². The molecular weight excluding hydrogens is 438 g/mol. The number of nitrogens with one attached hydrogen (secondary N) is 1. The van der Waals surface area contributed by atoms with Crippen molar-refractivity contribution in [3.63, 3.8) is 0 Å². The largest absolute Gasteiger partial charge is 0.378 e. The molecular formula is C20H39N5O6S. The molecule has 2 rings (SSSR count). The zero-order chi connectivity index (χ0) is 23.9.